The summed E-state index contributed by atoms with van der Waals surface area (Å²) in [6.07, 6.45) is 1.31. The topological polar surface area (TPSA) is 15.3 Å². The van der Waals surface area contributed by atoms with E-state index in [0.29, 0.717) is 6.04 Å². The summed E-state index contributed by atoms with van der Waals surface area (Å²) >= 11 is 0. The average Bonchev–Trinajstić information content (AvgIpc) is 1.94. The predicted octanol–water partition coefficient (Wildman–Crippen LogP) is 0.706. The Morgan fingerprint density at radius 1 is 1.60 bits per heavy atom. The van der Waals surface area contributed by atoms with Crippen LogP contribution in [-0.4, -0.2) is 30.8 Å². The number of hydrogen-bond donors (Lipinski definition) is 1. The molecule has 1 unspecified atom stereocenters. The molecule has 1 aliphatic heterocycles. The minimum atomic E-state index is 0.686. The van der Waals surface area contributed by atoms with Gasteiger partial charge in [0.05, 0.1) is 0 Å². The summed E-state index contributed by atoms with van der Waals surface area (Å²) in [6, 6.07) is 0.686. The van der Waals surface area contributed by atoms with Crippen LogP contribution < -0.4 is 5.32 Å². The first-order valence-corrected chi connectivity index (χ1v) is 4.42. The van der Waals surface area contributed by atoms with E-state index in [1.54, 1.807) is 0 Å². The molecule has 10 heavy (non-hydrogen) atoms. The average molecular weight is 160 g/mol. The molecule has 0 aromatic rings. The molecule has 1 rings (SSSR count). The number of likely N-dealkylation sites (N-methyl/N-ethyl adjacent to an activating group) is 1. The molecule has 1 aliphatic rings. The van der Waals surface area contributed by atoms with E-state index in [-0.39, 0.29) is 0 Å². The molecular weight excluding hydrogens is 143 g/mol. The van der Waals surface area contributed by atoms with Gasteiger partial charge in [-0.05, 0) is 19.4 Å². The van der Waals surface area contributed by atoms with Gasteiger partial charge in [-0.25, -0.2) is 0 Å². The minimum Gasteiger partial charge on any atom is -0.315 e. The Morgan fingerprint density at radius 3 is 2.80 bits per heavy atom. The summed E-state index contributed by atoms with van der Waals surface area (Å²) in [5.41, 5.74) is 0. The Bertz CT molecular complexity index is 108. The third kappa shape index (κ3) is 1.91. The maximum absolute atomic E-state index is 3.33. The van der Waals surface area contributed by atoms with Gasteiger partial charge in [0.1, 0.15) is 0 Å². The van der Waals surface area contributed by atoms with E-state index in [1.807, 2.05) is 7.05 Å². The van der Waals surface area contributed by atoms with E-state index in [0.717, 1.165) is 5.92 Å². The third-order valence-electron chi connectivity index (χ3n) is 2.36. The van der Waals surface area contributed by atoms with Gasteiger partial charge in [-0.1, -0.05) is 16.3 Å². The van der Waals surface area contributed by atoms with Crippen LogP contribution in [0.15, 0.2) is 0 Å². The molecule has 0 radical (unpaired) electrons. The van der Waals surface area contributed by atoms with Gasteiger partial charge >= 0.3 is 0 Å². The molecule has 1 heterocycles. The monoisotopic (exact) mass is 160 g/mol. The Labute approximate surface area is 65.6 Å². The largest absolute Gasteiger partial charge is 0.315 e. The normalized spacial score (nSPS) is 36.3. The first-order chi connectivity index (χ1) is 4.74. The lowest BCUT2D eigenvalue weighted by Gasteiger charge is -2.34. The lowest BCUT2D eigenvalue weighted by Crippen LogP contribution is -2.45. The molecule has 0 aromatic carbocycles. The molecule has 1 fully saturated rings. The number of piperidine rings is 1. The molecule has 3 heteroatoms. The highest BCUT2D eigenvalue weighted by Gasteiger charge is 2.22. The first-order valence-electron chi connectivity index (χ1n) is 3.91. The molecule has 0 aliphatic carbocycles. The van der Waals surface area contributed by atoms with Crippen molar-refractivity contribution in [2.24, 2.45) is 5.92 Å². The van der Waals surface area contributed by atoms with Crippen molar-refractivity contribution in [3.63, 3.8) is 0 Å². The van der Waals surface area contributed by atoms with Gasteiger partial charge in [0.15, 0.2) is 0 Å². The molecule has 3 atom stereocenters. The molecule has 60 valence electrons. The van der Waals surface area contributed by atoms with Crippen molar-refractivity contribution < 1.29 is 0 Å². The van der Waals surface area contributed by atoms with Crippen molar-refractivity contribution in [2.75, 3.05) is 20.1 Å². The van der Waals surface area contributed by atoms with E-state index >= 15 is 0 Å². The zero-order valence-electron chi connectivity index (χ0n) is 6.80. The Morgan fingerprint density at radius 2 is 2.30 bits per heavy atom. The lowest BCUT2D eigenvalue weighted by molar-refractivity contribution is 0.241. The molecule has 0 bridgehead atoms. The number of rotatable bonds is 1. The number of nitrogens with zero attached hydrogens (tertiary/aromatic N) is 1. The van der Waals surface area contributed by atoms with Crippen LogP contribution in [0, 0.1) is 5.92 Å². The maximum Gasteiger partial charge on any atom is 0.0221 e. The quantitative estimate of drug-likeness (QED) is 0.568. The molecule has 0 saturated carbocycles. The molecule has 0 amide bonds. The molecule has 1 N–H and O–H groups in total. The second-order valence-electron chi connectivity index (χ2n) is 3.16. The van der Waals surface area contributed by atoms with Crippen molar-refractivity contribution in [2.45, 2.75) is 19.4 Å². The SMILES string of the molecule is CN[C@@H]1CN(P)CC[C@@H]1C. The highest BCUT2D eigenvalue weighted by Crippen LogP contribution is 2.18. The smallest absolute Gasteiger partial charge is 0.0221 e. The zero-order valence-corrected chi connectivity index (χ0v) is 7.96. The van der Waals surface area contributed by atoms with Crippen LogP contribution in [0.1, 0.15) is 13.3 Å². The second-order valence-corrected chi connectivity index (χ2v) is 3.89. The van der Waals surface area contributed by atoms with Crippen LogP contribution in [0.2, 0.25) is 0 Å². The van der Waals surface area contributed by atoms with E-state index < -0.39 is 0 Å². The van der Waals surface area contributed by atoms with E-state index in [9.17, 15) is 0 Å². The van der Waals surface area contributed by atoms with Gasteiger partial charge in [0.25, 0.3) is 0 Å². The molecule has 0 aromatic heterocycles. The van der Waals surface area contributed by atoms with E-state index in [2.05, 4.69) is 26.3 Å². The van der Waals surface area contributed by atoms with Gasteiger partial charge in [0.2, 0.25) is 0 Å². The van der Waals surface area contributed by atoms with Gasteiger partial charge < -0.3 is 5.32 Å². The lowest BCUT2D eigenvalue weighted by atomic mass is 9.95. The van der Waals surface area contributed by atoms with Crippen LogP contribution in [0.4, 0.5) is 0 Å². The van der Waals surface area contributed by atoms with Gasteiger partial charge in [0, 0.05) is 19.1 Å². The van der Waals surface area contributed by atoms with Crippen molar-refractivity contribution in [1.29, 1.82) is 0 Å². The fraction of sp³-hybridized carbons (Fsp3) is 1.00. The highest BCUT2D eigenvalue weighted by atomic mass is 31.0. The van der Waals surface area contributed by atoms with E-state index in [1.165, 1.54) is 19.5 Å². The van der Waals surface area contributed by atoms with Gasteiger partial charge in [-0.15, -0.1) is 0 Å². The van der Waals surface area contributed by atoms with Crippen molar-refractivity contribution in [3.05, 3.63) is 0 Å². The number of hydrogen-bond acceptors (Lipinski definition) is 2. The van der Waals surface area contributed by atoms with Gasteiger partial charge in [-0.3, -0.25) is 4.67 Å². The molecule has 0 spiro atoms. The summed E-state index contributed by atoms with van der Waals surface area (Å²) in [4.78, 5) is 0. The van der Waals surface area contributed by atoms with E-state index in [4.69, 9.17) is 0 Å². The summed E-state index contributed by atoms with van der Waals surface area (Å²) in [6.45, 7) is 4.71. The predicted molar refractivity (Wildman–Crippen MR) is 47.9 cm³/mol. The highest BCUT2D eigenvalue weighted by molar-refractivity contribution is 7.13. The van der Waals surface area contributed by atoms with Crippen LogP contribution >= 0.6 is 9.39 Å². The van der Waals surface area contributed by atoms with Crippen molar-refractivity contribution in [1.82, 2.24) is 9.99 Å². The summed E-state index contributed by atoms with van der Waals surface area (Å²) in [5, 5.41) is 3.33. The number of nitrogens with one attached hydrogen (secondary N) is 1. The maximum atomic E-state index is 3.33. The second kappa shape index (κ2) is 3.66. The fourth-order valence-electron chi connectivity index (χ4n) is 1.47. The summed E-state index contributed by atoms with van der Waals surface area (Å²) in [7, 11) is 4.81. The Kier molecular flexibility index (Phi) is 3.09. The molecule has 2 nitrogen and oxygen atoms in total. The Balaban J connectivity index is 2.38. The van der Waals surface area contributed by atoms with Crippen molar-refractivity contribution in [3.8, 4) is 0 Å². The van der Waals surface area contributed by atoms with Crippen LogP contribution in [0.25, 0.3) is 0 Å². The Hall–Kier alpha value is 0.350. The van der Waals surface area contributed by atoms with Gasteiger partial charge in [-0.2, -0.15) is 0 Å². The standard InChI is InChI=1S/C7H17N2P/c1-6-3-4-9(10)5-7(6)8-2/h6-8H,3-5,10H2,1-2H3/t6-,7+/m0/s1. The van der Waals surface area contributed by atoms with Crippen molar-refractivity contribution >= 4 is 9.39 Å². The third-order valence-corrected chi connectivity index (χ3v) is 2.83. The zero-order chi connectivity index (χ0) is 7.56. The molecular formula is C7H17N2P. The summed E-state index contributed by atoms with van der Waals surface area (Å²) < 4.78 is 2.31. The van der Waals surface area contributed by atoms with Crippen LogP contribution in [0.3, 0.4) is 0 Å². The van der Waals surface area contributed by atoms with Crippen LogP contribution in [-0.2, 0) is 0 Å². The fourth-order valence-corrected chi connectivity index (χ4v) is 1.85. The summed E-state index contributed by atoms with van der Waals surface area (Å²) in [5.74, 6) is 0.835. The van der Waals surface area contributed by atoms with Crippen LogP contribution in [0.5, 0.6) is 0 Å². The first kappa shape index (κ1) is 8.45. The minimum absolute atomic E-state index is 0.686. The molecule has 1 saturated heterocycles.